The zero-order valence-corrected chi connectivity index (χ0v) is 9.38. The molecule has 1 aromatic rings. The summed E-state index contributed by atoms with van der Waals surface area (Å²) in [7, 11) is 0. The summed E-state index contributed by atoms with van der Waals surface area (Å²) in [6, 6.07) is 5.32. The van der Waals surface area contributed by atoms with Gasteiger partial charge in [-0.3, -0.25) is 25.1 Å². The molecule has 18 heavy (non-hydrogen) atoms. The van der Waals surface area contributed by atoms with E-state index in [-0.39, 0.29) is 24.2 Å². The summed E-state index contributed by atoms with van der Waals surface area (Å²) < 4.78 is 0. The molecule has 1 rings (SSSR count). The summed E-state index contributed by atoms with van der Waals surface area (Å²) in [5.41, 5.74) is 1.92. The fourth-order valence-corrected chi connectivity index (χ4v) is 1.22. The topological polar surface area (TPSA) is 127 Å². The second-order valence-electron chi connectivity index (χ2n) is 3.38. The molecule has 0 heterocycles. The lowest BCUT2D eigenvalue weighted by Gasteiger charge is -2.04. The minimum Gasteiger partial charge on any atom is -0.352 e. The monoisotopic (exact) mass is 252 g/mol. The summed E-state index contributed by atoms with van der Waals surface area (Å²) in [6.45, 7) is 0.102. The Morgan fingerprint density at radius 3 is 2.72 bits per heavy atom. The van der Waals surface area contributed by atoms with Crippen molar-refractivity contribution in [2.45, 2.75) is 6.42 Å². The number of nitro groups is 1. The molecule has 8 nitrogen and oxygen atoms in total. The van der Waals surface area contributed by atoms with E-state index in [1.165, 1.54) is 24.3 Å². The molecule has 0 saturated heterocycles. The molecule has 0 bridgehead atoms. The molecule has 0 atom stereocenters. The van der Waals surface area contributed by atoms with Crippen LogP contribution in [0.1, 0.15) is 16.8 Å². The zero-order chi connectivity index (χ0) is 13.5. The SMILES string of the molecule is NNC(=O)CCNC(=O)c1cccc([N+](=O)[O-])c1. The molecule has 1 aromatic carbocycles. The van der Waals surface area contributed by atoms with Crippen LogP contribution in [-0.2, 0) is 4.79 Å². The molecule has 0 saturated carbocycles. The first kappa shape index (κ1) is 13.6. The summed E-state index contributed by atoms with van der Waals surface area (Å²) in [6.07, 6.45) is 0.0389. The lowest BCUT2D eigenvalue weighted by Crippen LogP contribution is -2.34. The summed E-state index contributed by atoms with van der Waals surface area (Å²) >= 11 is 0. The Labute approximate surface area is 102 Å². The number of hydrogen-bond acceptors (Lipinski definition) is 5. The van der Waals surface area contributed by atoms with Gasteiger partial charge in [0.05, 0.1) is 4.92 Å². The van der Waals surface area contributed by atoms with Crippen LogP contribution in [0, 0.1) is 10.1 Å². The number of hydrazine groups is 1. The van der Waals surface area contributed by atoms with Gasteiger partial charge in [0.1, 0.15) is 0 Å². The zero-order valence-electron chi connectivity index (χ0n) is 9.38. The van der Waals surface area contributed by atoms with Crippen LogP contribution in [0.4, 0.5) is 5.69 Å². The van der Waals surface area contributed by atoms with Crippen LogP contribution < -0.4 is 16.6 Å². The van der Waals surface area contributed by atoms with E-state index in [4.69, 9.17) is 5.84 Å². The van der Waals surface area contributed by atoms with Gasteiger partial charge >= 0.3 is 0 Å². The first-order valence-corrected chi connectivity index (χ1v) is 5.06. The summed E-state index contributed by atoms with van der Waals surface area (Å²) in [5, 5.41) is 13.0. The van der Waals surface area contributed by atoms with Crippen molar-refractivity contribution in [3.8, 4) is 0 Å². The van der Waals surface area contributed by atoms with Gasteiger partial charge in [0.15, 0.2) is 0 Å². The number of nitrogens with two attached hydrogens (primary N) is 1. The normalized spacial score (nSPS) is 9.61. The largest absolute Gasteiger partial charge is 0.352 e. The Kier molecular flexibility index (Phi) is 4.76. The molecule has 0 aliphatic rings. The molecule has 0 fully saturated rings. The highest BCUT2D eigenvalue weighted by Crippen LogP contribution is 2.12. The Balaban J connectivity index is 2.59. The molecular weight excluding hydrogens is 240 g/mol. The molecule has 4 N–H and O–H groups in total. The number of rotatable bonds is 5. The molecule has 0 unspecified atom stereocenters. The first-order chi connectivity index (χ1) is 8.54. The van der Waals surface area contributed by atoms with Crippen molar-refractivity contribution < 1.29 is 14.5 Å². The van der Waals surface area contributed by atoms with Crippen LogP contribution in [0.15, 0.2) is 24.3 Å². The number of amides is 2. The molecule has 0 aliphatic heterocycles. The molecular formula is C10H12N4O4. The second kappa shape index (κ2) is 6.30. The summed E-state index contributed by atoms with van der Waals surface area (Å²) in [4.78, 5) is 32.3. The Bertz CT molecular complexity index is 475. The van der Waals surface area contributed by atoms with E-state index in [1.54, 1.807) is 0 Å². The third-order valence-electron chi connectivity index (χ3n) is 2.12. The fraction of sp³-hybridized carbons (Fsp3) is 0.200. The maximum Gasteiger partial charge on any atom is 0.270 e. The van der Waals surface area contributed by atoms with E-state index in [0.29, 0.717) is 0 Å². The maximum absolute atomic E-state index is 11.6. The highest BCUT2D eigenvalue weighted by atomic mass is 16.6. The number of hydrogen-bond donors (Lipinski definition) is 3. The Morgan fingerprint density at radius 1 is 1.39 bits per heavy atom. The van der Waals surface area contributed by atoms with Gasteiger partial charge in [-0.1, -0.05) is 6.07 Å². The lowest BCUT2D eigenvalue weighted by molar-refractivity contribution is -0.384. The lowest BCUT2D eigenvalue weighted by atomic mass is 10.2. The Hall–Kier alpha value is -2.48. The second-order valence-corrected chi connectivity index (χ2v) is 3.38. The van der Waals surface area contributed by atoms with Crippen molar-refractivity contribution in [2.24, 2.45) is 5.84 Å². The predicted octanol–water partition coefficient (Wildman–Crippen LogP) is -0.295. The van der Waals surface area contributed by atoms with Crippen LogP contribution in [-0.4, -0.2) is 23.3 Å². The quantitative estimate of drug-likeness (QED) is 0.287. The van der Waals surface area contributed by atoms with Crippen molar-refractivity contribution in [1.29, 1.82) is 0 Å². The fourth-order valence-electron chi connectivity index (χ4n) is 1.22. The molecule has 2 amide bonds. The van der Waals surface area contributed by atoms with Gasteiger partial charge in [-0.05, 0) is 6.07 Å². The standard InChI is InChI=1S/C10H12N4O4/c11-13-9(15)4-5-12-10(16)7-2-1-3-8(6-7)14(17)18/h1-3,6H,4-5,11H2,(H,12,16)(H,13,15). The predicted molar refractivity (Wildman–Crippen MR) is 62.4 cm³/mol. The molecule has 0 aliphatic carbocycles. The number of carbonyl (C=O) groups is 2. The minimum absolute atomic E-state index is 0.0389. The van der Waals surface area contributed by atoms with Gasteiger partial charge in [-0.2, -0.15) is 0 Å². The molecule has 0 aromatic heterocycles. The number of benzene rings is 1. The number of nitrogens with zero attached hydrogens (tertiary/aromatic N) is 1. The van der Waals surface area contributed by atoms with Crippen molar-refractivity contribution in [3.63, 3.8) is 0 Å². The average molecular weight is 252 g/mol. The van der Waals surface area contributed by atoms with Crippen LogP contribution in [0.25, 0.3) is 0 Å². The van der Waals surface area contributed by atoms with Gasteiger partial charge in [0, 0.05) is 30.7 Å². The molecule has 0 radical (unpaired) electrons. The highest BCUT2D eigenvalue weighted by molar-refractivity contribution is 5.95. The average Bonchev–Trinajstić information content (AvgIpc) is 2.38. The van der Waals surface area contributed by atoms with Crippen molar-refractivity contribution >= 4 is 17.5 Å². The van der Waals surface area contributed by atoms with E-state index in [9.17, 15) is 19.7 Å². The maximum atomic E-state index is 11.6. The van der Waals surface area contributed by atoms with Crippen LogP contribution in [0.2, 0.25) is 0 Å². The van der Waals surface area contributed by atoms with E-state index in [2.05, 4.69) is 5.32 Å². The van der Waals surface area contributed by atoms with Gasteiger partial charge < -0.3 is 5.32 Å². The van der Waals surface area contributed by atoms with E-state index >= 15 is 0 Å². The van der Waals surface area contributed by atoms with Crippen LogP contribution in [0.5, 0.6) is 0 Å². The Morgan fingerprint density at radius 2 is 2.11 bits per heavy atom. The number of nitrogens with one attached hydrogen (secondary N) is 2. The molecule has 8 heteroatoms. The van der Waals surface area contributed by atoms with Crippen LogP contribution in [0.3, 0.4) is 0 Å². The smallest absolute Gasteiger partial charge is 0.270 e. The van der Waals surface area contributed by atoms with E-state index < -0.39 is 16.7 Å². The third-order valence-corrected chi connectivity index (χ3v) is 2.12. The minimum atomic E-state index is -0.585. The van der Waals surface area contributed by atoms with Gasteiger partial charge in [0.2, 0.25) is 5.91 Å². The molecule has 0 spiro atoms. The van der Waals surface area contributed by atoms with Crippen molar-refractivity contribution in [2.75, 3.05) is 6.54 Å². The van der Waals surface area contributed by atoms with Gasteiger partial charge in [-0.25, -0.2) is 5.84 Å². The van der Waals surface area contributed by atoms with Gasteiger partial charge in [-0.15, -0.1) is 0 Å². The number of carbonyl (C=O) groups excluding carboxylic acids is 2. The third kappa shape index (κ3) is 3.83. The number of nitro benzene ring substituents is 1. The summed E-state index contributed by atoms with van der Waals surface area (Å²) in [5.74, 6) is 3.98. The van der Waals surface area contributed by atoms with E-state index in [1.807, 2.05) is 5.43 Å². The van der Waals surface area contributed by atoms with Crippen LogP contribution >= 0.6 is 0 Å². The van der Waals surface area contributed by atoms with E-state index in [0.717, 1.165) is 0 Å². The van der Waals surface area contributed by atoms with Crippen molar-refractivity contribution in [3.05, 3.63) is 39.9 Å². The van der Waals surface area contributed by atoms with Crippen molar-refractivity contribution in [1.82, 2.24) is 10.7 Å². The highest BCUT2D eigenvalue weighted by Gasteiger charge is 2.11. The number of non-ortho nitro benzene ring substituents is 1. The first-order valence-electron chi connectivity index (χ1n) is 5.06. The molecule has 96 valence electrons. The van der Waals surface area contributed by atoms with Gasteiger partial charge in [0.25, 0.3) is 11.6 Å².